The van der Waals surface area contributed by atoms with Crippen LogP contribution in [0.4, 0.5) is 4.39 Å². The molecule has 0 fully saturated rings. The summed E-state index contributed by atoms with van der Waals surface area (Å²) in [5, 5.41) is 9.78. The molecule has 1 heterocycles. The van der Waals surface area contributed by atoms with Gasteiger partial charge in [-0.25, -0.2) is 4.39 Å². The van der Waals surface area contributed by atoms with Gasteiger partial charge in [0, 0.05) is 17.1 Å². The Bertz CT molecular complexity index is 508. The molecule has 0 radical (unpaired) electrons. The first-order chi connectivity index (χ1) is 6.68. The molecule has 1 N–H and O–H groups in total. The van der Waals surface area contributed by atoms with Crippen LogP contribution in [0.25, 0.3) is 16.7 Å². The minimum absolute atomic E-state index is 0.144. The molecule has 0 unspecified atom stereocenters. The van der Waals surface area contributed by atoms with Crippen molar-refractivity contribution in [2.75, 3.05) is 0 Å². The number of fused-ring (bicyclic) bond motifs is 1. The Morgan fingerprint density at radius 1 is 1.43 bits per heavy atom. The Morgan fingerprint density at radius 2 is 2.21 bits per heavy atom. The van der Waals surface area contributed by atoms with Gasteiger partial charge in [-0.3, -0.25) is 4.98 Å². The van der Waals surface area contributed by atoms with Gasteiger partial charge in [0.05, 0.1) is 0 Å². The zero-order valence-electron chi connectivity index (χ0n) is 7.37. The molecular formula is C11H8FNO. The zero-order valence-corrected chi connectivity index (χ0v) is 7.37. The van der Waals surface area contributed by atoms with E-state index in [0.29, 0.717) is 16.5 Å². The van der Waals surface area contributed by atoms with Gasteiger partial charge in [0.1, 0.15) is 17.1 Å². The van der Waals surface area contributed by atoms with E-state index in [1.54, 1.807) is 18.2 Å². The molecule has 0 spiro atoms. The minimum Gasteiger partial charge on any atom is -0.508 e. The van der Waals surface area contributed by atoms with Crippen LogP contribution in [0.2, 0.25) is 0 Å². The molecule has 0 saturated carbocycles. The highest BCUT2D eigenvalue weighted by Gasteiger charge is 2.05. The number of hydrogen-bond donors (Lipinski definition) is 1. The molecule has 0 aliphatic carbocycles. The second-order valence-electron chi connectivity index (χ2n) is 2.98. The quantitative estimate of drug-likeness (QED) is 0.699. The van der Waals surface area contributed by atoms with Crippen LogP contribution in [0.1, 0.15) is 5.56 Å². The lowest BCUT2D eigenvalue weighted by Gasteiger charge is -2.02. The second-order valence-corrected chi connectivity index (χ2v) is 2.98. The van der Waals surface area contributed by atoms with Crippen LogP contribution in [0.15, 0.2) is 37.0 Å². The monoisotopic (exact) mass is 189 g/mol. The van der Waals surface area contributed by atoms with Crippen molar-refractivity contribution in [1.29, 1.82) is 0 Å². The van der Waals surface area contributed by atoms with E-state index >= 15 is 0 Å². The number of aliphatic hydroxyl groups excluding tert-OH is 1. The third-order valence-electron chi connectivity index (χ3n) is 1.99. The fourth-order valence-electron chi connectivity index (χ4n) is 1.31. The summed E-state index contributed by atoms with van der Waals surface area (Å²) in [5.41, 5.74) is 0.681. The molecule has 2 rings (SSSR count). The molecule has 70 valence electrons. The van der Waals surface area contributed by atoms with Gasteiger partial charge in [-0.15, -0.1) is 0 Å². The van der Waals surface area contributed by atoms with E-state index in [9.17, 15) is 4.39 Å². The Hall–Kier alpha value is -1.90. The number of pyridine rings is 1. The average molecular weight is 189 g/mol. The maximum absolute atomic E-state index is 13.4. The fourth-order valence-corrected chi connectivity index (χ4v) is 1.31. The van der Waals surface area contributed by atoms with Crippen molar-refractivity contribution in [1.82, 2.24) is 4.98 Å². The van der Waals surface area contributed by atoms with Crippen LogP contribution in [0.3, 0.4) is 0 Å². The largest absolute Gasteiger partial charge is 0.508 e. The maximum Gasteiger partial charge on any atom is 0.150 e. The number of hydrogen-bond acceptors (Lipinski definition) is 2. The summed E-state index contributed by atoms with van der Waals surface area (Å²) < 4.78 is 13.4. The van der Waals surface area contributed by atoms with E-state index in [2.05, 4.69) is 11.6 Å². The summed E-state index contributed by atoms with van der Waals surface area (Å²) in [7, 11) is 0. The summed E-state index contributed by atoms with van der Waals surface area (Å²) in [5.74, 6) is -0.594. The lowest BCUT2D eigenvalue weighted by molar-refractivity contribution is 0.513. The third kappa shape index (κ3) is 1.33. The molecule has 0 bridgehead atoms. The fraction of sp³-hybridized carbons (Fsp3) is 0. The van der Waals surface area contributed by atoms with Crippen LogP contribution in [0.5, 0.6) is 0 Å². The van der Waals surface area contributed by atoms with Gasteiger partial charge in [0.25, 0.3) is 0 Å². The number of aromatic nitrogens is 1. The number of nitrogens with zero attached hydrogens (tertiary/aromatic N) is 1. The van der Waals surface area contributed by atoms with Crippen LogP contribution in [0, 0.1) is 5.82 Å². The van der Waals surface area contributed by atoms with Crippen LogP contribution in [-0.4, -0.2) is 10.1 Å². The number of aliphatic hydroxyl groups is 1. The Kier molecular flexibility index (Phi) is 1.93. The predicted octanol–water partition coefficient (Wildman–Crippen LogP) is 2.90. The standard InChI is InChI=1S/C11H8FNO/c1-7(14)9-5-8-3-2-4-13-11(8)10(12)6-9/h2-6,14H,1H2. The Labute approximate surface area is 80.3 Å². The van der Waals surface area contributed by atoms with Gasteiger partial charge in [0.15, 0.2) is 0 Å². The summed E-state index contributed by atoms with van der Waals surface area (Å²) in [4.78, 5) is 3.89. The van der Waals surface area contributed by atoms with Crippen molar-refractivity contribution in [3.05, 3.63) is 48.4 Å². The topological polar surface area (TPSA) is 33.1 Å². The van der Waals surface area contributed by atoms with E-state index in [-0.39, 0.29) is 5.76 Å². The lowest BCUT2D eigenvalue weighted by Crippen LogP contribution is -1.88. The highest BCUT2D eigenvalue weighted by atomic mass is 19.1. The van der Waals surface area contributed by atoms with Crippen LogP contribution < -0.4 is 0 Å². The normalized spacial score (nSPS) is 10.4. The van der Waals surface area contributed by atoms with Gasteiger partial charge >= 0.3 is 0 Å². The maximum atomic E-state index is 13.4. The van der Waals surface area contributed by atoms with Gasteiger partial charge < -0.3 is 5.11 Å². The molecule has 3 heteroatoms. The molecule has 0 aliphatic heterocycles. The van der Waals surface area contributed by atoms with Gasteiger partial charge in [-0.05, 0) is 18.2 Å². The molecule has 0 aliphatic rings. The van der Waals surface area contributed by atoms with Crippen molar-refractivity contribution < 1.29 is 9.50 Å². The molecule has 0 atom stereocenters. The van der Waals surface area contributed by atoms with E-state index < -0.39 is 5.82 Å². The van der Waals surface area contributed by atoms with Gasteiger partial charge in [-0.1, -0.05) is 12.6 Å². The molecule has 1 aromatic heterocycles. The molecular weight excluding hydrogens is 181 g/mol. The first-order valence-corrected chi connectivity index (χ1v) is 4.11. The van der Waals surface area contributed by atoms with Crippen molar-refractivity contribution >= 4 is 16.7 Å². The average Bonchev–Trinajstić information content (AvgIpc) is 2.17. The summed E-state index contributed by atoms with van der Waals surface area (Å²) in [6.07, 6.45) is 1.53. The molecule has 14 heavy (non-hydrogen) atoms. The number of rotatable bonds is 1. The SMILES string of the molecule is C=C(O)c1cc(F)c2ncccc2c1. The molecule has 0 saturated heterocycles. The molecule has 2 nitrogen and oxygen atoms in total. The van der Waals surface area contributed by atoms with Crippen molar-refractivity contribution in [3.63, 3.8) is 0 Å². The zero-order chi connectivity index (χ0) is 10.1. The van der Waals surface area contributed by atoms with Gasteiger partial charge in [-0.2, -0.15) is 0 Å². The van der Waals surface area contributed by atoms with E-state index in [4.69, 9.17) is 5.11 Å². The minimum atomic E-state index is -0.451. The second kappa shape index (κ2) is 3.10. The highest BCUT2D eigenvalue weighted by Crippen LogP contribution is 2.20. The smallest absolute Gasteiger partial charge is 0.150 e. The van der Waals surface area contributed by atoms with Crippen molar-refractivity contribution in [2.24, 2.45) is 0 Å². The molecule has 0 amide bonds. The summed E-state index contributed by atoms with van der Waals surface area (Å²) in [6, 6.07) is 6.31. The lowest BCUT2D eigenvalue weighted by atomic mass is 10.1. The van der Waals surface area contributed by atoms with Gasteiger partial charge in [0.2, 0.25) is 0 Å². The predicted molar refractivity (Wildman–Crippen MR) is 53.4 cm³/mol. The van der Waals surface area contributed by atoms with E-state index in [1.807, 2.05) is 0 Å². The summed E-state index contributed by atoms with van der Waals surface area (Å²) in [6.45, 7) is 3.34. The number of halogens is 1. The first kappa shape index (κ1) is 8.69. The Balaban J connectivity index is 2.78. The third-order valence-corrected chi connectivity index (χ3v) is 1.99. The van der Waals surface area contributed by atoms with Crippen LogP contribution >= 0.6 is 0 Å². The first-order valence-electron chi connectivity index (χ1n) is 4.11. The summed E-state index contributed by atoms with van der Waals surface area (Å²) >= 11 is 0. The number of benzene rings is 1. The highest BCUT2D eigenvalue weighted by molar-refractivity contribution is 5.82. The Morgan fingerprint density at radius 3 is 2.93 bits per heavy atom. The van der Waals surface area contributed by atoms with E-state index in [0.717, 1.165) is 0 Å². The van der Waals surface area contributed by atoms with Crippen molar-refractivity contribution in [3.8, 4) is 0 Å². The van der Waals surface area contributed by atoms with Crippen molar-refractivity contribution in [2.45, 2.75) is 0 Å². The molecule has 1 aromatic carbocycles. The van der Waals surface area contributed by atoms with E-state index in [1.165, 1.54) is 12.3 Å². The van der Waals surface area contributed by atoms with Crippen LogP contribution in [-0.2, 0) is 0 Å². The molecule has 2 aromatic rings.